The Hall–Kier alpha value is -2.01. The van der Waals surface area contributed by atoms with Crippen LogP contribution in [0.3, 0.4) is 0 Å². The average molecular weight is 308 g/mol. The minimum Gasteiger partial charge on any atom is -0.351 e. The van der Waals surface area contributed by atoms with Crippen LogP contribution in [0.1, 0.15) is 31.3 Å². The van der Waals surface area contributed by atoms with Gasteiger partial charge < -0.3 is 15.6 Å². The molecular formula is C15H18ClN3O2. The van der Waals surface area contributed by atoms with E-state index >= 15 is 0 Å². The van der Waals surface area contributed by atoms with Crippen LogP contribution in [0.15, 0.2) is 24.3 Å². The van der Waals surface area contributed by atoms with Gasteiger partial charge >= 0.3 is 0 Å². The third kappa shape index (κ3) is 4.23. The second-order valence-electron chi connectivity index (χ2n) is 5.90. The van der Waals surface area contributed by atoms with E-state index in [4.69, 9.17) is 11.6 Å². The number of carbonyl (C=O) groups is 2. The van der Waals surface area contributed by atoms with Crippen molar-refractivity contribution in [2.45, 2.75) is 26.3 Å². The van der Waals surface area contributed by atoms with Gasteiger partial charge in [0.15, 0.2) is 0 Å². The Labute approximate surface area is 128 Å². The van der Waals surface area contributed by atoms with Crippen LogP contribution >= 0.6 is 11.6 Å². The molecule has 0 atom stereocenters. The van der Waals surface area contributed by atoms with Crippen LogP contribution in [0.5, 0.6) is 0 Å². The SMILES string of the molecule is CC(C)(C)NC(=O)CNC(=O)c1cc2cc(Cl)ccc2[nH]1. The molecule has 0 spiro atoms. The van der Waals surface area contributed by atoms with Crippen LogP contribution in [0.4, 0.5) is 0 Å². The molecule has 0 aliphatic rings. The number of hydrogen-bond donors (Lipinski definition) is 3. The van der Waals surface area contributed by atoms with Gasteiger partial charge in [-0.2, -0.15) is 0 Å². The predicted molar refractivity (Wildman–Crippen MR) is 83.5 cm³/mol. The molecule has 0 radical (unpaired) electrons. The Balaban J connectivity index is 2.01. The van der Waals surface area contributed by atoms with Gasteiger partial charge in [-0.1, -0.05) is 11.6 Å². The lowest BCUT2D eigenvalue weighted by molar-refractivity contribution is -0.121. The molecule has 112 valence electrons. The van der Waals surface area contributed by atoms with E-state index in [0.29, 0.717) is 10.7 Å². The fourth-order valence-corrected chi connectivity index (χ4v) is 2.12. The third-order valence-electron chi connectivity index (χ3n) is 2.75. The van der Waals surface area contributed by atoms with Gasteiger partial charge in [0.25, 0.3) is 5.91 Å². The number of carbonyl (C=O) groups excluding carboxylic acids is 2. The van der Waals surface area contributed by atoms with Crippen LogP contribution in [0, 0.1) is 0 Å². The minimum atomic E-state index is -0.327. The molecule has 0 saturated carbocycles. The van der Waals surface area contributed by atoms with Crippen molar-refractivity contribution in [3.8, 4) is 0 Å². The Morgan fingerprint density at radius 2 is 1.95 bits per heavy atom. The first-order valence-electron chi connectivity index (χ1n) is 6.62. The monoisotopic (exact) mass is 307 g/mol. The highest BCUT2D eigenvalue weighted by Crippen LogP contribution is 2.19. The first kappa shape index (κ1) is 15.4. The summed E-state index contributed by atoms with van der Waals surface area (Å²) in [5.41, 5.74) is 0.902. The maximum atomic E-state index is 12.0. The summed E-state index contributed by atoms with van der Waals surface area (Å²) in [5, 5.41) is 6.82. The van der Waals surface area contributed by atoms with Crippen molar-refractivity contribution in [1.29, 1.82) is 0 Å². The largest absolute Gasteiger partial charge is 0.351 e. The van der Waals surface area contributed by atoms with E-state index in [1.807, 2.05) is 20.8 Å². The molecule has 0 aliphatic carbocycles. The van der Waals surface area contributed by atoms with E-state index in [9.17, 15) is 9.59 Å². The molecule has 1 heterocycles. The van der Waals surface area contributed by atoms with E-state index in [0.717, 1.165) is 10.9 Å². The molecule has 0 unspecified atom stereocenters. The number of halogens is 1. The van der Waals surface area contributed by atoms with Gasteiger partial charge in [0.1, 0.15) is 5.69 Å². The number of amides is 2. The molecule has 6 heteroatoms. The number of aromatic amines is 1. The van der Waals surface area contributed by atoms with E-state index in [2.05, 4.69) is 15.6 Å². The Bertz CT molecular complexity index is 686. The van der Waals surface area contributed by atoms with E-state index < -0.39 is 0 Å². The molecule has 2 aromatic rings. The molecule has 2 rings (SSSR count). The van der Waals surface area contributed by atoms with Crippen molar-refractivity contribution >= 4 is 34.3 Å². The molecular weight excluding hydrogens is 290 g/mol. The van der Waals surface area contributed by atoms with Crippen molar-refractivity contribution in [1.82, 2.24) is 15.6 Å². The van der Waals surface area contributed by atoms with Crippen LogP contribution in [0.25, 0.3) is 10.9 Å². The van der Waals surface area contributed by atoms with Gasteiger partial charge in [-0.05, 0) is 45.0 Å². The highest BCUT2D eigenvalue weighted by atomic mass is 35.5. The zero-order valence-electron chi connectivity index (χ0n) is 12.2. The number of rotatable bonds is 3. The highest BCUT2D eigenvalue weighted by molar-refractivity contribution is 6.31. The normalized spacial score (nSPS) is 11.4. The molecule has 3 N–H and O–H groups in total. The predicted octanol–water partition coefficient (Wildman–Crippen LogP) is 2.47. The van der Waals surface area contributed by atoms with Gasteiger partial charge in [0.2, 0.25) is 5.91 Å². The van der Waals surface area contributed by atoms with Crippen molar-refractivity contribution in [3.05, 3.63) is 35.0 Å². The summed E-state index contributed by atoms with van der Waals surface area (Å²) in [5.74, 6) is -0.554. The summed E-state index contributed by atoms with van der Waals surface area (Å²) in [7, 11) is 0. The van der Waals surface area contributed by atoms with Crippen LogP contribution in [0.2, 0.25) is 5.02 Å². The van der Waals surface area contributed by atoms with Crippen molar-refractivity contribution in [2.24, 2.45) is 0 Å². The molecule has 0 bridgehead atoms. The summed E-state index contributed by atoms with van der Waals surface area (Å²) in [6, 6.07) is 7.04. The van der Waals surface area contributed by atoms with Crippen molar-refractivity contribution < 1.29 is 9.59 Å². The van der Waals surface area contributed by atoms with Crippen molar-refractivity contribution in [2.75, 3.05) is 6.54 Å². The molecule has 1 aromatic carbocycles. The van der Waals surface area contributed by atoms with Crippen LogP contribution in [-0.4, -0.2) is 28.9 Å². The maximum Gasteiger partial charge on any atom is 0.268 e. The fourth-order valence-electron chi connectivity index (χ4n) is 1.94. The molecule has 0 aliphatic heterocycles. The van der Waals surface area contributed by atoms with E-state index in [-0.39, 0.29) is 23.9 Å². The molecule has 1 aromatic heterocycles. The number of nitrogens with one attached hydrogen (secondary N) is 3. The van der Waals surface area contributed by atoms with Gasteiger partial charge in [-0.15, -0.1) is 0 Å². The first-order valence-corrected chi connectivity index (χ1v) is 7.00. The second-order valence-corrected chi connectivity index (χ2v) is 6.33. The summed E-state index contributed by atoms with van der Waals surface area (Å²) in [4.78, 5) is 26.7. The topological polar surface area (TPSA) is 74.0 Å². The van der Waals surface area contributed by atoms with E-state index in [1.54, 1.807) is 24.3 Å². The van der Waals surface area contributed by atoms with Gasteiger partial charge in [-0.25, -0.2) is 0 Å². The number of aromatic nitrogens is 1. The second kappa shape index (κ2) is 5.77. The summed E-state index contributed by atoms with van der Waals surface area (Å²) >= 11 is 5.90. The summed E-state index contributed by atoms with van der Waals surface area (Å²) in [6.07, 6.45) is 0. The lowest BCUT2D eigenvalue weighted by Crippen LogP contribution is -2.45. The standard InChI is InChI=1S/C15H18ClN3O2/c1-15(2,3)19-13(20)8-17-14(21)12-7-9-6-10(16)4-5-11(9)18-12/h4-7,18H,8H2,1-3H3,(H,17,21)(H,19,20). The number of hydrogen-bond acceptors (Lipinski definition) is 2. The third-order valence-corrected chi connectivity index (χ3v) is 2.99. The van der Waals surface area contributed by atoms with Crippen LogP contribution < -0.4 is 10.6 Å². The lowest BCUT2D eigenvalue weighted by atomic mass is 10.1. The Kier molecular flexibility index (Phi) is 4.23. The number of fused-ring (bicyclic) bond motifs is 1. The van der Waals surface area contributed by atoms with Gasteiger partial charge in [0.05, 0.1) is 6.54 Å². The van der Waals surface area contributed by atoms with Crippen molar-refractivity contribution in [3.63, 3.8) is 0 Å². The molecule has 2 amide bonds. The van der Waals surface area contributed by atoms with Gasteiger partial charge in [-0.3, -0.25) is 9.59 Å². The summed E-state index contributed by atoms with van der Waals surface area (Å²) in [6.45, 7) is 5.59. The highest BCUT2D eigenvalue weighted by Gasteiger charge is 2.15. The molecule has 0 saturated heterocycles. The lowest BCUT2D eigenvalue weighted by Gasteiger charge is -2.20. The summed E-state index contributed by atoms with van der Waals surface area (Å²) < 4.78 is 0. The molecule has 21 heavy (non-hydrogen) atoms. The minimum absolute atomic E-state index is 0.0633. The van der Waals surface area contributed by atoms with Crippen LogP contribution in [-0.2, 0) is 4.79 Å². The Morgan fingerprint density at radius 1 is 1.24 bits per heavy atom. The zero-order valence-corrected chi connectivity index (χ0v) is 13.0. The quantitative estimate of drug-likeness (QED) is 0.815. The molecule has 5 nitrogen and oxygen atoms in total. The zero-order chi connectivity index (χ0) is 15.6. The fraction of sp³-hybridized carbons (Fsp3) is 0.333. The number of H-pyrrole nitrogens is 1. The van der Waals surface area contributed by atoms with Gasteiger partial charge in [0, 0.05) is 21.5 Å². The average Bonchev–Trinajstić information content (AvgIpc) is 2.76. The maximum absolute atomic E-state index is 12.0. The first-order chi connectivity index (χ1) is 9.74. The smallest absolute Gasteiger partial charge is 0.268 e. The number of benzene rings is 1. The van der Waals surface area contributed by atoms with E-state index in [1.165, 1.54) is 0 Å². The molecule has 0 fully saturated rings. The Morgan fingerprint density at radius 3 is 2.62 bits per heavy atom.